The second-order valence-electron chi connectivity index (χ2n) is 10.5. The standard InChI is InChI=1S/C27H44N4O3/c1-22(2)20-28-10-9-26(30-15-17-34-18-16-30)23(21-28)7-8-27(32)31-13-11-29(12-14-31)24-5-4-6-25(19-24)33-3/h4-6,19,22-23,26H,7-18,20-21H2,1-3H3/t23-,26+/m1/s1. The van der Waals surface area contributed by atoms with Crippen molar-refractivity contribution in [3.63, 3.8) is 0 Å². The molecule has 0 saturated carbocycles. The van der Waals surface area contributed by atoms with Gasteiger partial charge in [0.25, 0.3) is 0 Å². The number of methoxy groups -OCH3 is 1. The van der Waals surface area contributed by atoms with E-state index in [0.717, 1.165) is 77.7 Å². The van der Waals surface area contributed by atoms with Crippen LogP contribution in [0.25, 0.3) is 0 Å². The van der Waals surface area contributed by atoms with Crippen LogP contribution in [0.3, 0.4) is 0 Å². The molecule has 0 bridgehead atoms. The van der Waals surface area contributed by atoms with Crippen LogP contribution < -0.4 is 9.64 Å². The number of carbonyl (C=O) groups excluding carboxylic acids is 1. The fraction of sp³-hybridized carbons (Fsp3) is 0.741. The van der Waals surface area contributed by atoms with Crippen molar-refractivity contribution in [1.82, 2.24) is 14.7 Å². The molecule has 0 radical (unpaired) electrons. The molecule has 3 aliphatic heterocycles. The van der Waals surface area contributed by atoms with Crippen molar-refractivity contribution in [1.29, 1.82) is 0 Å². The van der Waals surface area contributed by atoms with Crippen LogP contribution in [0.2, 0.25) is 0 Å². The monoisotopic (exact) mass is 472 g/mol. The molecular formula is C27H44N4O3. The molecule has 190 valence electrons. The number of hydrogen-bond acceptors (Lipinski definition) is 6. The Morgan fingerprint density at radius 1 is 1.09 bits per heavy atom. The average Bonchev–Trinajstić information content (AvgIpc) is 2.87. The maximum Gasteiger partial charge on any atom is 0.222 e. The predicted molar refractivity (Wildman–Crippen MR) is 137 cm³/mol. The van der Waals surface area contributed by atoms with Gasteiger partial charge in [-0.2, -0.15) is 0 Å². The quantitative estimate of drug-likeness (QED) is 0.580. The summed E-state index contributed by atoms with van der Waals surface area (Å²) in [5.41, 5.74) is 1.17. The van der Waals surface area contributed by atoms with Gasteiger partial charge in [0.1, 0.15) is 5.75 Å². The Morgan fingerprint density at radius 2 is 1.85 bits per heavy atom. The molecule has 0 spiro atoms. The molecule has 0 unspecified atom stereocenters. The van der Waals surface area contributed by atoms with E-state index in [4.69, 9.17) is 9.47 Å². The zero-order chi connectivity index (χ0) is 23.9. The minimum absolute atomic E-state index is 0.326. The summed E-state index contributed by atoms with van der Waals surface area (Å²) < 4.78 is 11.0. The van der Waals surface area contributed by atoms with E-state index in [-0.39, 0.29) is 0 Å². The molecule has 2 atom stereocenters. The number of rotatable bonds is 8. The van der Waals surface area contributed by atoms with Crippen molar-refractivity contribution >= 4 is 11.6 Å². The first-order valence-electron chi connectivity index (χ1n) is 13.2. The van der Waals surface area contributed by atoms with Gasteiger partial charge in [0.2, 0.25) is 5.91 Å². The lowest BCUT2D eigenvalue weighted by molar-refractivity contribution is -0.132. The molecule has 0 aromatic heterocycles. The van der Waals surface area contributed by atoms with Gasteiger partial charge in [0.05, 0.1) is 20.3 Å². The number of nitrogens with zero attached hydrogens (tertiary/aromatic N) is 4. The van der Waals surface area contributed by atoms with Gasteiger partial charge in [-0.1, -0.05) is 19.9 Å². The summed E-state index contributed by atoms with van der Waals surface area (Å²) in [6.07, 6.45) is 2.87. The topological polar surface area (TPSA) is 48.5 Å². The van der Waals surface area contributed by atoms with Crippen LogP contribution >= 0.6 is 0 Å². The Balaban J connectivity index is 1.29. The van der Waals surface area contributed by atoms with Crippen LogP contribution in [0.1, 0.15) is 33.1 Å². The first-order valence-corrected chi connectivity index (χ1v) is 13.2. The van der Waals surface area contributed by atoms with E-state index in [9.17, 15) is 4.79 Å². The highest BCUT2D eigenvalue weighted by atomic mass is 16.5. The number of likely N-dealkylation sites (tertiary alicyclic amines) is 1. The van der Waals surface area contributed by atoms with Crippen LogP contribution in [0, 0.1) is 11.8 Å². The summed E-state index contributed by atoms with van der Waals surface area (Å²) in [6, 6.07) is 8.79. The lowest BCUT2D eigenvalue weighted by Gasteiger charge is -2.45. The number of morpholine rings is 1. The Morgan fingerprint density at radius 3 is 2.56 bits per heavy atom. The number of carbonyl (C=O) groups is 1. The van der Waals surface area contributed by atoms with Gasteiger partial charge in [-0.05, 0) is 43.4 Å². The average molecular weight is 473 g/mol. The minimum Gasteiger partial charge on any atom is -0.497 e. The van der Waals surface area contributed by atoms with Crippen molar-refractivity contribution in [3.8, 4) is 5.75 Å². The highest BCUT2D eigenvalue weighted by Gasteiger charge is 2.34. The predicted octanol–water partition coefficient (Wildman–Crippen LogP) is 2.80. The maximum atomic E-state index is 13.2. The molecule has 3 heterocycles. The van der Waals surface area contributed by atoms with E-state index >= 15 is 0 Å². The van der Waals surface area contributed by atoms with Gasteiger partial charge >= 0.3 is 0 Å². The third kappa shape index (κ3) is 6.64. The molecule has 3 saturated heterocycles. The first-order chi connectivity index (χ1) is 16.5. The molecule has 7 nitrogen and oxygen atoms in total. The van der Waals surface area contributed by atoms with Crippen LogP contribution in [-0.4, -0.2) is 106 Å². The zero-order valence-electron chi connectivity index (χ0n) is 21.5. The van der Waals surface area contributed by atoms with Gasteiger partial charge in [-0.25, -0.2) is 0 Å². The Labute approximate surface area is 206 Å². The van der Waals surface area contributed by atoms with Crippen LogP contribution in [0.4, 0.5) is 5.69 Å². The summed E-state index contributed by atoms with van der Waals surface area (Å²) in [4.78, 5) is 22.9. The van der Waals surface area contributed by atoms with E-state index in [1.54, 1.807) is 7.11 Å². The number of anilines is 1. The van der Waals surface area contributed by atoms with E-state index in [2.05, 4.69) is 45.6 Å². The van der Waals surface area contributed by atoms with Gasteiger partial charge < -0.3 is 24.2 Å². The number of piperazine rings is 1. The van der Waals surface area contributed by atoms with E-state index in [0.29, 0.717) is 30.2 Å². The number of amides is 1. The van der Waals surface area contributed by atoms with Crippen molar-refractivity contribution in [3.05, 3.63) is 24.3 Å². The lowest BCUT2D eigenvalue weighted by Crippen LogP contribution is -2.54. The second-order valence-corrected chi connectivity index (χ2v) is 10.5. The normalized spacial score (nSPS) is 25.1. The SMILES string of the molecule is COc1cccc(N2CCN(C(=O)CC[C@@H]3CN(CC(C)C)CC[C@@H]3N3CCOCC3)CC2)c1. The summed E-state index contributed by atoms with van der Waals surface area (Å²) in [5, 5.41) is 0. The van der Waals surface area contributed by atoms with Crippen LogP contribution in [-0.2, 0) is 9.53 Å². The Kier molecular flexibility index (Phi) is 9.09. The maximum absolute atomic E-state index is 13.2. The fourth-order valence-electron chi connectivity index (χ4n) is 5.94. The Bertz CT molecular complexity index is 775. The highest BCUT2D eigenvalue weighted by Crippen LogP contribution is 2.28. The minimum atomic E-state index is 0.326. The molecule has 3 aliphatic rings. The summed E-state index contributed by atoms with van der Waals surface area (Å²) in [5.74, 6) is 2.45. The molecule has 34 heavy (non-hydrogen) atoms. The fourth-order valence-corrected chi connectivity index (χ4v) is 5.94. The van der Waals surface area contributed by atoms with E-state index in [1.165, 1.54) is 18.7 Å². The highest BCUT2D eigenvalue weighted by molar-refractivity contribution is 5.76. The molecular weight excluding hydrogens is 428 g/mol. The summed E-state index contributed by atoms with van der Waals surface area (Å²) in [7, 11) is 1.70. The molecule has 1 aromatic carbocycles. The number of benzene rings is 1. The van der Waals surface area contributed by atoms with E-state index in [1.807, 2.05) is 12.1 Å². The molecule has 0 N–H and O–H groups in total. The van der Waals surface area contributed by atoms with Crippen LogP contribution in [0.15, 0.2) is 24.3 Å². The summed E-state index contributed by atoms with van der Waals surface area (Å²) in [6.45, 7) is 15.2. The molecule has 1 aromatic rings. The third-order valence-corrected chi connectivity index (χ3v) is 7.70. The lowest BCUT2D eigenvalue weighted by atomic mass is 9.86. The van der Waals surface area contributed by atoms with E-state index < -0.39 is 0 Å². The number of piperidine rings is 1. The van der Waals surface area contributed by atoms with Crippen molar-refractivity contribution in [2.75, 3.05) is 84.1 Å². The smallest absolute Gasteiger partial charge is 0.222 e. The van der Waals surface area contributed by atoms with Crippen LogP contribution in [0.5, 0.6) is 5.75 Å². The number of hydrogen-bond donors (Lipinski definition) is 0. The molecule has 0 aliphatic carbocycles. The van der Waals surface area contributed by atoms with Gasteiger partial charge in [0.15, 0.2) is 0 Å². The summed E-state index contributed by atoms with van der Waals surface area (Å²) >= 11 is 0. The molecule has 4 rings (SSSR count). The zero-order valence-corrected chi connectivity index (χ0v) is 21.5. The van der Waals surface area contributed by atoms with Gasteiger partial charge in [-0.15, -0.1) is 0 Å². The van der Waals surface area contributed by atoms with Gasteiger partial charge in [0, 0.05) is 76.6 Å². The second kappa shape index (κ2) is 12.2. The molecule has 7 heteroatoms. The third-order valence-electron chi connectivity index (χ3n) is 7.70. The van der Waals surface area contributed by atoms with Gasteiger partial charge in [-0.3, -0.25) is 9.69 Å². The molecule has 3 fully saturated rings. The number of ether oxygens (including phenoxy) is 2. The van der Waals surface area contributed by atoms with Crippen molar-refractivity contribution < 1.29 is 14.3 Å². The van der Waals surface area contributed by atoms with Crippen molar-refractivity contribution in [2.45, 2.75) is 39.2 Å². The largest absolute Gasteiger partial charge is 0.497 e. The Hall–Kier alpha value is -1.83. The first kappa shape index (κ1) is 25.3. The van der Waals surface area contributed by atoms with Crippen molar-refractivity contribution in [2.24, 2.45) is 11.8 Å². The molecule has 1 amide bonds.